The van der Waals surface area contributed by atoms with Gasteiger partial charge in [0, 0.05) is 24.0 Å². The minimum absolute atomic E-state index is 0.432. The van der Waals surface area contributed by atoms with Gasteiger partial charge in [-0.25, -0.2) is 4.98 Å². The molecule has 0 saturated carbocycles. The zero-order valence-electron chi connectivity index (χ0n) is 16.5. The van der Waals surface area contributed by atoms with Gasteiger partial charge in [0.15, 0.2) is 0 Å². The Labute approximate surface area is 169 Å². The molecule has 0 radical (unpaired) electrons. The maximum absolute atomic E-state index is 9.20. The molecule has 146 valence electrons. The Balaban J connectivity index is 1.55. The van der Waals surface area contributed by atoms with Crippen LogP contribution in [0.2, 0.25) is 0 Å². The average Bonchev–Trinajstić information content (AvgIpc) is 3.31. The maximum Gasteiger partial charge on any atom is 0.226 e. The molecule has 2 heterocycles. The van der Waals surface area contributed by atoms with E-state index in [-0.39, 0.29) is 0 Å². The number of hydrogen-bond acceptors (Lipinski definition) is 5. The van der Waals surface area contributed by atoms with Crippen molar-refractivity contribution in [3.8, 4) is 17.5 Å². The van der Waals surface area contributed by atoms with Crippen LogP contribution >= 0.6 is 0 Å². The first-order valence-electron chi connectivity index (χ1n) is 9.70. The van der Waals surface area contributed by atoms with Crippen LogP contribution in [0.3, 0.4) is 0 Å². The standard InChI is InChI=1S/C24H22N2O3/c1-3-27-21(15-25)12-17-9-10-23-19(11-17)13-20(29-23)14-22-16(2)28-24(26-22)18-7-5-4-6-8-18/h4-11,13,21H,3,12,14H2,1-2H3. The van der Waals surface area contributed by atoms with E-state index in [1.165, 1.54) is 0 Å². The number of nitrogens with zero attached hydrogens (tertiary/aromatic N) is 2. The third-order valence-corrected chi connectivity index (χ3v) is 4.82. The molecule has 0 fully saturated rings. The summed E-state index contributed by atoms with van der Waals surface area (Å²) in [6.07, 6.45) is 0.688. The number of ether oxygens (including phenoxy) is 1. The molecule has 0 N–H and O–H groups in total. The van der Waals surface area contributed by atoms with E-state index in [0.29, 0.717) is 25.3 Å². The van der Waals surface area contributed by atoms with E-state index in [1.54, 1.807) is 0 Å². The first kappa shape index (κ1) is 19.0. The largest absolute Gasteiger partial charge is 0.461 e. The fourth-order valence-corrected chi connectivity index (χ4v) is 3.38. The molecule has 1 atom stereocenters. The van der Waals surface area contributed by atoms with Crippen molar-refractivity contribution in [3.05, 3.63) is 77.4 Å². The summed E-state index contributed by atoms with van der Waals surface area (Å²) in [6.45, 7) is 4.34. The number of nitriles is 1. The topological polar surface area (TPSA) is 72.2 Å². The van der Waals surface area contributed by atoms with E-state index in [9.17, 15) is 5.26 Å². The van der Waals surface area contributed by atoms with E-state index in [4.69, 9.17) is 13.6 Å². The Hall–Kier alpha value is -3.36. The van der Waals surface area contributed by atoms with Gasteiger partial charge in [-0.1, -0.05) is 24.3 Å². The number of oxazole rings is 1. The lowest BCUT2D eigenvalue weighted by Crippen LogP contribution is -2.13. The average molecular weight is 386 g/mol. The van der Waals surface area contributed by atoms with Gasteiger partial charge in [0.05, 0.1) is 18.2 Å². The number of rotatable bonds is 7. The van der Waals surface area contributed by atoms with E-state index in [2.05, 4.69) is 17.1 Å². The summed E-state index contributed by atoms with van der Waals surface area (Å²) in [5.41, 5.74) is 3.69. The van der Waals surface area contributed by atoms with E-state index in [0.717, 1.165) is 39.3 Å². The van der Waals surface area contributed by atoms with Crippen LogP contribution in [-0.2, 0) is 17.6 Å². The van der Waals surface area contributed by atoms with Gasteiger partial charge >= 0.3 is 0 Å². The van der Waals surface area contributed by atoms with Crippen molar-refractivity contribution in [1.82, 2.24) is 4.98 Å². The molecule has 0 amide bonds. The zero-order valence-corrected chi connectivity index (χ0v) is 16.5. The molecule has 5 nitrogen and oxygen atoms in total. The normalized spacial score (nSPS) is 12.2. The predicted molar refractivity (Wildman–Crippen MR) is 110 cm³/mol. The van der Waals surface area contributed by atoms with E-state index >= 15 is 0 Å². The number of fused-ring (bicyclic) bond motifs is 1. The second kappa shape index (κ2) is 8.34. The zero-order chi connectivity index (χ0) is 20.2. The molecule has 0 aliphatic rings. The SMILES string of the molecule is CCOC(C#N)Cc1ccc2oc(Cc3nc(-c4ccccc4)oc3C)cc2c1. The van der Waals surface area contributed by atoms with Crippen molar-refractivity contribution < 1.29 is 13.6 Å². The Bertz CT molecular complexity index is 1150. The van der Waals surface area contributed by atoms with Gasteiger partial charge in [0.1, 0.15) is 23.2 Å². The molecule has 0 aliphatic heterocycles. The first-order chi connectivity index (χ1) is 14.2. The van der Waals surface area contributed by atoms with Crippen LogP contribution in [0, 0.1) is 18.3 Å². The minimum atomic E-state index is -0.432. The van der Waals surface area contributed by atoms with Crippen LogP contribution < -0.4 is 0 Å². The van der Waals surface area contributed by atoms with Gasteiger partial charge in [0.2, 0.25) is 5.89 Å². The molecule has 0 aliphatic carbocycles. The number of aryl methyl sites for hydroxylation is 1. The minimum Gasteiger partial charge on any atom is -0.461 e. The monoisotopic (exact) mass is 386 g/mol. The van der Waals surface area contributed by atoms with Gasteiger partial charge < -0.3 is 13.6 Å². The second-order valence-electron chi connectivity index (χ2n) is 6.93. The summed E-state index contributed by atoms with van der Waals surface area (Å²) in [5, 5.41) is 10.2. The van der Waals surface area contributed by atoms with Crippen LogP contribution in [0.15, 0.2) is 63.4 Å². The molecule has 2 aromatic carbocycles. The summed E-state index contributed by atoms with van der Waals surface area (Å²) in [4.78, 5) is 4.65. The smallest absolute Gasteiger partial charge is 0.226 e. The lowest BCUT2D eigenvalue weighted by Gasteiger charge is -2.08. The Morgan fingerprint density at radius 1 is 1.10 bits per heavy atom. The van der Waals surface area contributed by atoms with Crippen molar-refractivity contribution in [2.75, 3.05) is 6.61 Å². The lowest BCUT2D eigenvalue weighted by atomic mass is 10.1. The fourth-order valence-electron chi connectivity index (χ4n) is 3.38. The molecule has 2 aromatic heterocycles. The van der Waals surface area contributed by atoms with Crippen LogP contribution in [0.5, 0.6) is 0 Å². The predicted octanol–water partition coefficient (Wildman–Crippen LogP) is 5.46. The lowest BCUT2D eigenvalue weighted by molar-refractivity contribution is 0.102. The molecule has 4 aromatic rings. The summed E-state index contributed by atoms with van der Waals surface area (Å²) in [7, 11) is 0. The van der Waals surface area contributed by atoms with Crippen molar-refractivity contribution in [3.63, 3.8) is 0 Å². The number of aromatic nitrogens is 1. The van der Waals surface area contributed by atoms with Gasteiger partial charge in [-0.3, -0.25) is 0 Å². The third kappa shape index (κ3) is 4.23. The molecule has 29 heavy (non-hydrogen) atoms. The summed E-state index contributed by atoms with van der Waals surface area (Å²) < 4.78 is 17.3. The number of furan rings is 1. The Morgan fingerprint density at radius 2 is 1.93 bits per heavy atom. The quantitative estimate of drug-likeness (QED) is 0.422. The summed E-state index contributed by atoms with van der Waals surface area (Å²) in [6, 6.07) is 20.1. The first-order valence-corrected chi connectivity index (χ1v) is 9.70. The highest BCUT2D eigenvalue weighted by atomic mass is 16.5. The van der Waals surface area contributed by atoms with Crippen LogP contribution in [0.1, 0.15) is 29.7 Å². The molecule has 0 bridgehead atoms. The Kier molecular flexibility index (Phi) is 5.46. The van der Waals surface area contributed by atoms with Gasteiger partial charge in [-0.05, 0) is 49.7 Å². The van der Waals surface area contributed by atoms with Gasteiger partial charge in [-0.15, -0.1) is 0 Å². The molecular weight excluding hydrogens is 364 g/mol. The number of benzene rings is 2. The third-order valence-electron chi connectivity index (χ3n) is 4.82. The summed E-state index contributed by atoms with van der Waals surface area (Å²) >= 11 is 0. The van der Waals surface area contributed by atoms with Crippen molar-refractivity contribution in [2.45, 2.75) is 32.8 Å². The highest BCUT2D eigenvalue weighted by Crippen LogP contribution is 2.26. The molecular formula is C24H22N2O3. The van der Waals surface area contributed by atoms with Gasteiger partial charge in [0.25, 0.3) is 0 Å². The highest BCUT2D eigenvalue weighted by molar-refractivity contribution is 5.78. The molecule has 0 saturated heterocycles. The maximum atomic E-state index is 9.20. The fraction of sp³-hybridized carbons (Fsp3) is 0.250. The Morgan fingerprint density at radius 3 is 2.69 bits per heavy atom. The van der Waals surface area contributed by atoms with Crippen molar-refractivity contribution in [1.29, 1.82) is 5.26 Å². The van der Waals surface area contributed by atoms with Crippen molar-refractivity contribution >= 4 is 11.0 Å². The molecule has 0 spiro atoms. The molecule has 4 rings (SSSR count). The number of hydrogen-bond donors (Lipinski definition) is 0. The van der Waals surface area contributed by atoms with Crippen LogP contribution in [0.4, 0.5) is 0 Å². The van der Waals surface area contributed by atoms with Gasteiger partial charge in [-0.2, -0.15) is 5.26 Å². The van der Waals surface area contributed by atoms with Crippen molar-refractivity contribution in [2.24, 2.45) is 0 Å². The highest BCUT2D eigenvalue weighted by Gasteiger charge is 2.15. The van der Waals surface area contributed by atoms with E-state index < -0.39 is 6.10 Å². The van der Waals surface area contributed by atoms with Crippen LogP contribution in [-0.4, -0.2) is 17.7 Å². The second-order valence-corrected chi connectivity index (χ2v) is 6.93. The summed E-state index contributed by atoms with van der Waals surface area (Å²) in [5.74, 6) is 2.24. The van der Waals surface area contributed by atoms with Crippen LogP contribution in [0.25, 0.3) is 22.4 Å². The van der Waals surface area contributed by atoms with E-state index in [1.807, 2.05) is 62.4 Å². The molecule has 5 heteroatoms. The molecule has 1 unspecified atom stereocenters.